The molecule has 38 atom stereocenters. The molecule has 15 fully saturated rings. The lowest BCUT2D eigenvalue weighted by Gasteiger charge is -2.49. The third-order valence-electron chi connectivity index (χ3n) is 23.4. The fourth-order valence-electron chi connectivity index (χ4n) is 17.0. The zero-order valence-electron chi connectivity index (χ0n) is 71.2. The molecule has 16 heterocycles. The number of thiocarbonyl (C=S) groups is 3. The number of nitrogens with one attached hydrogen (secondary N) is 10. The smallest absolute Gasteiger partial charge is 0.371 e. The Labute approximate surface area is 796 Å². The van der Waals surface area contributed by atoms with E-state index >= 15 is 0 Å². The van der Waals surface area contributed by atoms with Gasteiger partial charge >= 0.3 is 53.2 Å². The van der Waals surface area contributed by atoms with E-state index in [1.54, 1.807) is 9.62 Å². The highest BCUT2D eigenvalue weighted by Gasteiger charge is 2.60. The van der Waals surface area contributed by atoms with E-state index in [0.717, 1.165) is 0 Å². The first-order valence-electron chi connectivity index (χ1n) is 41.9. The van der Waals surface area contributed by atoms with Gasteiger partial charge in [-0.25, -0.2) is 9.59 Å². The largest absolute Gasteiger partial charge is 0.479 e. The van der Waals surface area contributed by atoms with Crippen molar-refractivity contribution in [1.82, 2.24) is 55.7 Å². The SMILES string of the molecule is O=C(O)C1=C[C@H](O)C(NS(=O)(=O)O)[C@H](O[C@H]2C(CS(=O)(=O)O)O[C@@H](CO[C@H]3C(C(=O)O)O[C@@H](O[C@H]4C(CS(=O)(=O)O)O[C@@H](NC(=S)NCCN(CCNC(=S)NCC5O[C@H]6OC7C(CO)O[C@@H](OCCCCC5C(O)C6O)C(O)C7O)CCNC(=S)NCC5O[C@H]6OC7C(CO)O[C@@H](OCCCCC5C(O)C6O)C(O)C7O)C(NS(=O)(=O)O)[C@H]4O)C(NS(=O)(=O)O)[C@H]3O)C(NS(=O)(=O)O)[C@H]2O)O1. The van der Waals surface area contributed by atoms with Gasteiger partial charge in [0.2, 0.25) is 12.0 Å². The molecule has 15 saturated heterocycles. The normalized spacial score (nSPS) is 39.6. The third-order valence-corrected chi connectivity index (χ3v) is 28.0. The minimum atomic E-state index is -5.85. The maximum Gasteiger partial charge on any atom is 0.371 e. The quantitative estimate of drug-likeness (QED) is 0.0203. The summed E-state index contributed by atoms with van der Waals surface area (Å²) in [5, 5.41) is 194. The second-order valence-electron chi connectivity index (χ2n) is 33.1. The molecule has 792 valence electrons. The Morgan fingerprint density at radius 2 is 0.818 bits per heavy atom. The number of aliphatic hydroxyl groups is 14. The summed E-state index contributed by atoms with van der Waals surface area (Å²) < 4.78 is 303. The van der Waals surface area contributed by atoms with Gasteiger partial charge in [-0.2, -0.15) is 69.4 Å². The second-order valence-corrected chi connectivity index (χ2v) is 42.0. The zero-order chi connectivity index (χ0) is 101. The van der Waals surface area contributed by atoms with Gasteiger partial charge in [0.25, 0.3) is 20.2 Å². The monoisotopic (exact) mass is 2160 g/mol. The number of aliphatic carboxylic acids is 2. The number of ether oxygens (including phenoxy) is 15. The lowest BCUT2D eigenvalue weighted by Crippen LogP contribution is -2.72. The molecule has 0 aliphatic carbocycles. The summed E-state index contributed by atoms with van der Waals surface area (Å²) in [6.07, 6.45) is -61.8. The Bertz CT molecular complexity index is 4690. The number of rotatable bonds is 37. The minimum Gasteiger partial charge on any atom is -0.479 e. The number of carboxylic acid groups (broad SMARTS) is 2. The highest BCUT2D eigenvalue weighted by atomic mass is 32.3. The molecule has 32 N–H and O–H groups in total. The van der Waals surface area contributed by atoms with Crippen LogP contribution in [0.15, 0.2) is 11.8 Å². The third kappa shape index (κ3) is 32.1. The summed E-state index contributed by atoms with van der Waals surface area (Å²) in [6.45, 7) is -3.66. The Kier molecular flexibility index (Phi) is 41.2. The second kappa shape index (κ2) is 49.3. The van der Waals surface area contributed by atoms with Gasteiger partial charge in [-0.05, 0) is 68.4 Å². The van der Waals surface area contributed by atoms with E-state index < -0.39 is 348 Å². The van der Waals surface area contributed by atoms with Gasteiger partial charge in [0, 0.05) is 77.4 Å². The van der Waals surface area contributed by atoms with E-state index in [1.807, 2.05) is 0 Å². The van der Waals surface area contributed by atoms with Gasteiger partial charge in [0.05, 0.1) is 62.4 Å². The average molecular weight is 2170 g/mol. The van der Waals surface area contributed by atoms with Crippen LogP contribution in [0.25, 0.3) is 0 Å². The van der Waals surface area contributed by atoms with Crippen LogP contribution in [-0.4, -0.2) is 509 Å². The lowest BCUT2D eigenvalue weighted by atomic mass is 9.84. The van der Waals surface area contributed by atoms with Crippen molar-refractivity contribution in [2.45, 2.75) is 259 Å². The summed E-state index contributed by atoms with van der Waals surface area (Å²) in [5.41, 5.74) is 0. The number of carboxylic acids is 2. The standard InChI is InChI=1S/C66H113N11O51S9/c78-18-29-49-43(86)47(90)60(122-29)114-13-3-1-5-23-27(120-62(126-49)45(88)38(23)81)16-70-64(129)67-7-10-77(11-8-68-65(130)71-17-28-24-6-2-4-14-115-61-48(91)44(87)50(30(19-79)123-61)127-63(121-28)46(89)39(24)82)12-9-69-66(131)72-55-36(75-136(108,109)110)41(84)52(33(118-55)22-133(99,100)101)125-59-37(76-137(111,112)113)42(85)53(54(128-59)57(94)95)116-20-31-35(74-135(105,106)107)40(83)51(32(117-31)21-132(96,97)98)124-58-34(73-134(102,103)104)25(80)15-26(119-58)56(92)93/h15,23-25,27-55,58-63,73-76,78-91H,1-14,16-22H2,(H,92,93)(H,94,95)(H2,67,70,129)(H2,68,71,130)(H2,69,72,131)(H,96,97,98)(H,99,100,101)(H,102,103,104)(H,105,106,107)(H,108,109,110)(H,111,112,113)/t23?,24?,25-,27?,28?,29?,30?,31-,32?,33?,34?,35?,36?,37?,38?,39?,40+,41+,42+,43?,44?,45?,46?,47?,48?,49?,50?,51-,52-,53+,54?,55+,58-,59+,60+,61+,62-,63-/m0/s1. The first kappa shape index (κ1) is 115. The molecular weight excluding hydrogens is 2050 g/mol. The molecule has 16 aliphatic rings. The van der Waals surface area contributed by atoms with Crippen LogP contribution in [0.4, 0.5) is 0 Å². The molecule has 16 rings (SSSR count). The molecule has 16 aliphatic heterocycles. The molecular formula is C66H113N11O51S9. The number of hydrogen-bond donors (Lipinski definition) is 32. The predicted octanol–water partition coefficient (Wildman–Crippen LogP) is -17.1. The van der Waals surface area contributed by atoms with Crippen molar-refractivity contribution in [2.24, 2.45) is 11.8 Å². The highest BCUT2D eigenvalue weighted by Crippen LogP contribution is 2.40. The first-order valence-corrected chi connectivity index (χ1v) is 52.1. The summed E-state index contributed by atoms with van der Waals surface area (Å²) in [7, 11) is -33.7. The fourth-order valence-corrected chi connectivity index (χ4v) is 21.3. The number of aliphatic hydroxyl groups excluding tert-OH is 14. The molecule has 23 unspecified atom stereocenters. The van der Waals surface area contributed by atoms with Gasteiger partial charge < -0.3 is 185 Å². The van der Waals surface area contributed by atoms with Gasteiger partial charge in [0.1, 0.15) is 146 Å². The van der Waals surface area contributed by atoms with E-state index in [0.29, 0.717) is 31.8 Å². The Hall–Kier alpha value is -4.31. The van der Waals surface area contributed by atoms with Crippen molar-refractivity contribution in [3.63, 3.8) is 0 Å². The predicted molar refractivity (Wildman–Crippen MR) is 455 cm³/mol. The first-order chi connectivity index (χ1) is 63.9. The molecule has 0 spiro atoms. The molecule has 0 radical (unpaired) electrons. The average Bonchev–Trinajstić information content (AvgIpc) is 0.773. The minimum absolute atomic E-state index is 0.00453. The molecule has 137 heavy (non-hydrogen) atoms. The maximum atomic E-state index is 13.2. The summed E-state index contributed by atoms with van der Waals surface area (Å²) in [4.78, 5) is 26.9. The topological polar surface area (TPSA) is 946 Å². The van der Waals surface area contributed by atoms with E-state index in [1.165, 1.54) is 14.2 Å². The summed E-state index contributed by atoms with van der Waals surface area (Å²) in [5.74, 6) is -10.7. The number of nitrogens with zero attached hydrogens (tertiary/aromatic N) is 1. The Balaban J connectivity index is 0.841. The van der Waals surface area contributed by atoms with Gasteiger partial charge in [-0.1, -0.05) is 12.8 Å². The van der Waals surface area contributed by atoms with Crippen LogP contribution in [0.3, 0.4) is 0 Å². The van der Waals surface area contributed by atoms with E-state index in [4.69, 9.17) is 108 Å². The molecule has 8 bridgehead atoms. The molecule has 71 heteroatoms. The Morgan fingerprint density at radius 1 is 0.416 bits per heavy atom. The van der Waals surface area contributed by atoms with E-state index in [2.05, 4.69) is 31.9 Å². The van der Waals surface area contributed by atoms with Crippen molar-refractivity contribution in [1.29, 1.82) is 0 Å². The van der Waals surface area contributed by atoms with E-state index in [9.17, 15) is 169 Å². The molecule has 0 saturated carbocycles. The van der Waals surface area contributed by atoms with Crippen molar-refractivity contribution >= 4 is 125 Å². The van der Waals surface area contributed by atoms with Crippen LogP contribution >= 0.6 is 36.7 Å². The van der Waals surface area contributed by atoms with E-state index in [-0.39, 0.29) is 88.6 Å². The molecule has 0 amide bonds. The molecule has 0 aromatic heterocycles. The van der Waals surface area contributed by atoms with Crippen LogP contribution in [0.5, 0.6) is 0 Å². The van der Waals surface area contributed by atoms with Crippen LogP contribution in [0, 0.1) is 11.8 Å². The highest BCUT2D eigenvalue weighted by molar-refractivity contribution is 7.86. The lowest BCUT2D eigenvalue weighted by molar-refractivity contribution is -0.355. The van der Waals surface area contributed by atoms with Gasteiger partial charge in [-0.3, -0.25) is 32.2 Å². The maximum absolute atomic E-state index is 13.2. The number of hydrogen-bond acceptors (Lipinski definition) is 47. The van der Waals surface area contributed by atoms with Gasteiger partial charge in [-0.15, -0.1) is 0 Å². The van der Waals surface area contributed by atoms with Crippen LogP contribution in [0.1, 0.15) is 38.5 Å². The van der Waals surface area contributed by atoms with Crippen LogP contribution < -0.4 is 50.8 Å². The van der Waals surface area contributed by atoms with Crippen molar-refractivity contribution in [3.8, 4) is 0 Å². The van der Waals surface area contributed by atoms with Crippen LogP contribution in [-0.2, 0) is 142 Å². The Morgan fingerprint density at radius 3 is 1.26 bits per heavy atom. The van der Waals surface area contributed by atoms with Crippen molar-refractivity contribution in [2.75, 3.05) is 96.9 Å². The fraction of sp³-hybridized carbons (Fsp3) is 0.894. The molecule has 0 aromatic rings. The summed E-state index contributed by atoms with van der Waals surface area (Å²) >= 11 is 16.9. The molecule has 0 aromatic carbocycles. The molecule has 62 nitrogen and oxygen atoms in total. The van der Waals surface area contributed by atoms with Crippen molar-refractivity contribution < 1.29 is 240 Å². The summed E-state index contributed by atoms with van der Waals surface area (Å²) in [6, 6.07) is -10.3. The van der Waals surface area contributed by atoms with Crippen LogP contribution in [0.2, 0.25) is 0 Å². The zero-order valence-corrected chi connectivity index (χ0v) is 78.5. The van der Waals surface area contributed by atoms with Gasteiger partial charge in [0.15, 0.2) is 52.9 Å². The van der Waals surface area contributed by atoms with Crippen molar-refractivity contribution in [3.05, 3.63) is 11.8 Å². The number of carbonyl (C=O) groups is 2.